The first-order valence-corrected chi connectivity index (χ1v) is 7.24. The average Bonchev–Trinajstić information content (AvgIpc) is 3.11. The molecule has 0 atom stereocenters. The van der Waals surface area contributed by atoms with Crippen molar-refractivity contribution in [2.24, 2.45) is 5.73 Å². The van der Waals surface area contributed by atoms with Crippen molar-refractivity contribution in [2.45, 2.75) is 6.54 Å². The molecule has 21 heavy (non-hydrogen) atoms. The summed E-state index contributed by atoms with van der Waals surface area (Å²) < 4.78 is 7.60. The van der Waals surface area contributed by atoms with Crippen LogP contribution in [0.1, 0.15) is 0 Å². The first-order valence-electron chi connectivity index (χ1n) is 6.07. The van der Waals surface area contributed by atoms with Crippen LogP contribution < -0.4 is 5.73 Å². The highest BCUT2D eigenvalue weighted by Gasteiger charge is 2.14. The van der Waals surface area contributed by atoms with E-state index >= 15 is 0 Å². The summed E-state index contributed by atoms with van der Waals surface area (Å²) in [4.78, 5) is 4.31. The van der Waals surface area contributed by atoms with Crippen molar-refractivity contribution >= 4 is 27.5 Å². The minimum absolute atomic E-state index is 0.305. The third kappa shape index (κ3) is 2.97. The fraction of sp³-hybridized carbons (Fsp3) is 0.167. The Morgan fingerprint density at radius 3 is 3.00 bits per heavy atom. The number of hydrogen-bond acceptors (Lipinski definition) is 6. The van der Waals surface area contributed by atoms with Gasteiger partial charge in [-0.2, -0.15) is 4.98 Å². The second kappa shape index (κ2) is 5.92. The Balaban J connectivity index is 1.89. The molecule has 0 saturated heterocycles. The van der Waals surface area contributed by atoms with Crippen LogP contribution in [0, 0.1) is 0 Å². The number of rotatable bonds is 4. The van der Waals surface area contributed by atoms with Gasteiger partial charge in [0.25, 0.3) is 5.89 Å². The molecule has 0 aliphatic carbocycles. The van der Waals surface area contributed by atoms with E-state index in [1.165, 1.54) is 0 Å². The molecule has 0 saturated carbocycles. The molecule has 9 heteroatoms. The van der Waals surface area contributed by atoms with E-state index in [9.17, 15) is 0 Å². The summed E-state index contributed by atoms with van der Waals surface area (Å²) in [5.74, 6) is 0.759. The van der Waals surface area contributed by atoms with Crippen molar-refractivity contribution in [3.8, 4) is 23.0 Å². The van der Waals surface area contributed by atoms with Gasteiger partial charge in [-0.1, -0.05) is 22.0 Å². The van der Waals surface area contributed by atoms with Crippen molar-refractivity contribution in [3.05, 3.63) is 33.9 Å². The molecule has 0 radical (unpaired) electrons. The van der Waals surface area contributed by atoms with Crippen LogP contribution in [0.25, 0.3) is 23.0 Å². The maximum Gasteiger partial charge on any atom is 0.280 e. The Morgan fingerprint density at radius 2 is 2.24 bits per heavy atom. The molecule has 2 N–H and O–H groups in total. The van der Waals surface area contributed by atoms with Crippen LogP contribution in [0.3, 0.4) is 0 Å². The van der Waals surface area contributed by atoms with E-state index in [2.05, 4.69) is 36.4 Å². The standard InChI is InChI=1S/C12H10BrClN6O/c13-8-5-7(1-2-9(8)14)11-16-12(21-18-11)10-6-20(4-3-15)19-17-10/h1-2,5-6H,3-4,15H2. The van der Waals surface area contributed by atoms with Gasteiger partial charge in [-0.3, -0.25) is 4.68 Å². The van der Waals surface area contributed by atoms with Crippen LogP contribution in [-0.2, 0) is 6.54 Å². The molecule has 3 aromatic rings. The average molecular weight is 370 g/mol. The topological polar surface area (TPSA) is 95.7 Å². The monoisotopic (exact) mass is 368 g/mol. The molecule has 0 fully saturated rings. The number of nitrogens with two attached hydrogens (primary N) is 1. The minimum atomic E-state index is 0.305. The lowest BCUT2D eigenvalue weighted by Gasteiger charge is -1.97. The molecule has 0 aliphatic heterocycles. The molecule has 3 rings (SSSR count). The number of nitrogens with zero attached hydrogens (tertiary/aromatic N) is 5. The van der Waals surface area contributed by atoms with Gasteiger partial charge in [0.2, 0.25) is 5.82 Å². The zero-order chi connectivity index (χ0) is 14.8. The third-order valence-electron chi connectivity index (χ3n) is 2.72. The summed E-state index contributed by atoms with van der Waals surface area (Å²) >= 11 is 9.32. The fourth-order valence-corrected chi connectivity index (χ4v) is 2.21. The van der Waals surface area contributed by atoms with Crippen molar-refractivity contribution < 1.29 is 4.52 Å². The summed E-state index contributed by atoms with van der Waals surface area (Å²) in [7, 11) is 0. The third-order valence-corrected chi connectivity index (χ3v) is 3.93. The van der Waals surface area contributed by atoms with E-state index in [0.717, 1.165) is 10.0 Å². The summed E-state index contributed by atoms with van der Waals surface area (Å²) in [5, 5.41) is 12.5. The molecule has 2 heterocycles. The molecular formula is C12H10BrClN6O. The zero-order valence-corrected chi connectivity index (χ0v) is 13.0. The van der Waals surface area contributed by atoms with E-state index < -0.39 is 0 Å². The second-order valence-corrected chi connectivity index (χ2v) is 5.47. The van der Waals surface area contributed by atoms with E-state index in [0.29, 0.717) is 35.5 Å². The zero-order valence-electron chi connectivity index (χ0n) is 10.7. The first kappa shape index (κ1) is 14.2. The van der Waals surface area contributed by atoms with E-state index in [4.69, 9.17) is 21.9 Å². The van der Waals surface area contributed by atoms with Crippen LogP contribution in [0.4, 0.5) is 0 Å². The van der Waals surface area contributed by atoms with Crippen molar-refractivity contribution in [2.75, 3.05) is 6.54 Å². The van der Waals surface area contributed by atoms with Gasteiger partial charge in [-0.25, -0.2) is 0 Å². The van der Waals surface area contributed by atoms with E-state index in [1.807, 2.05) is 12.1 Å². The van der Waals surface area contributed by atoms with Crippen LogP contribution in [0.15, 0.2) is 33.4 Å². The highest BCUT2D eigenvalue weighted by molar-refractivity contribution is 9.10. The molecule has 0 aliphatic rings. The van der Waals surface area contributed by atoms with Gasteiger partial charge in [0.1, 0.15) is 0 Å². The Labute approximate surface area is 133 Å². The van der Waals surface area contributed by atoms with E-state index in [-0.39, 0.29) is 0 Å². The molecule has 1 aromatic carbocycles. The summed E-state index contributed by atoms with van der Waals surface area (Å²) in [5.41, 5.74) is 6.76. The fourth-order valence-electron chi connectivity index (χ4n) is 1.72. The molecule has 2 aromatic heterocycles. The minimum Gasteiger partial charge on any atom is -0.332 e. The lowest BCUT2D eigenvalue weighted by atomic mass is 10.2. The first-order chi connectivity index (χ1) is 10.2. The highest BCUT2D eigenvalue weighted by Crippen LogP contribution is 2.28. The number of hydrogen-bond donors (Lipinski definition) is 1. The van der Waals surface area contributed by atoms with Gasteiger partial charge in [-0.05, 0) is 34.1 Å². The van der Waals surface area contributed by atoms with Crippen LogP contribution in [-0.4, -0.2) is 31.7 Å². The maximum absolute atomic E-state index is 5.96. The summed E-state index contributed by atoms with van der Waals surface area (Å²) in [6, 6.07) is 5.39. The molecule has 0 unspecified atom stereocenters. The summed E-state index contributed by atoms with van der Waals surface area (Å²) in [6.07, 6.45) is 1.71. The lowest BCUT2D eigenvalue weighted by Crippen LogP contribution is -2.10. The molecule has 0 bridgehead atoms. The molecule has 0 spiro atoms. The summed E-state index contributed by atoms with van der Waals surface area (Å²) in [6.45, 7) is 1.06. The number of benzene rings is 1. The van der Waals surface area contributed by atoms with Gasteiger partial charge < -0.3 is 10.3 Å². The predicted octanol–water partition coefficient (Wildman–Crippen LogP) is 2.37. The largest absolute Gasteiger partial charge is 0.332 e. The lowest BCUT2D eigenvalue weighted by molar-refractivity contribution is 0.431. The van der Waals surface area contributed by atoms with Crippen LogP contribution >= 0.6 is 27.5 Å². The Morgan fingerprint density at radius 1 is 1.38 bits per heavy atom. The quantitative estimate of drug-likeness (QED) is 0.758. The Bertz CT molecular complexity index is 771. The van der Waals surface area contributed by atoms with Crippen molar-refractivity contribution in [3.63, 3.8) is 0 Å². The Kier molecular flexibility index (Phi) is 4.00. The number of halogens is 2. The van der Waals surface area contributed by atoms with Crippen LogP contribution in [0.2, 0.25) is 5.02 Å². The highest BCUT2D eigenvalue weighted by atomic mass is 79.9. The molecular weight excluding hydrogens is 360 g/mol. The SMILES string of the molecule is NCCn1cc(-c2nc(-c3ccc(Cl)c(Br)c3)no2)nn1. The van der Waals surface area contributed by atoms with E-state index in [1.54, 1.807) is 16.9 Å². The molecule has 0 amide bonds. The maximum atomic E-state index is 5.96. The van der Waals surface area contributed by atoms with Gasteiger partial charge in [0, 0.05) is 16.6 Å². The number of aromatic nitrogens is 5. The van der Waals surface area contributed by atoms with Gasteiger partial charge in [-0.15, -0.1) is 5.10 Å². The van der Waals surface area contributed by atoms with Crippen molar-refractivity contribution in [1.29, 1.82) is 0 Å². The Hall–Kier alpha value is -1.77. The smallest absolute Gasteiger partial charge is 0.280 e. The van der Waals surface area contributed by atoms with Crippen molar-refractivity contribution in [1.82, 2.24) is 25.1 Å². The normalized spacial score (nSPS) is 11.0. The molecule has 108 valence electrons. The van der Waals surface area contributed by atoms with Gasteiger partial charge in [0.05, 0.1) is 17.8 Å². The predicted molar refractivity (Wildman–Crippen MR) is 80.5 cm³/mol. The second-order valence-electron chi connectivity index (χ2n) is 4.21. The van der Waals surface area contributed by atoms with Crippen LogP contribution in [0.5, 0.6) is 0 Å². The van der Waals surface area contributed by atoms with Gasteiger partial charge in [0.15, 0.2) is 5.69 Å². The van der Waals surface area contributed by atoms with Gasteiger partial charge >= 0.3 is 0 Å². The molecule has 7 nitrogen and oxygen atoms in total.